The Hall–Kier alpha value is -3.62. The van der Waals surface area contributed by atoms with Crippen LogP contribution in [0.3, 0.4) is 0 Å². The highest BCUT2D eigenvalue weighted by molar-refractivity contribution is 6.24. The SMILES string of the molecule is CN(C)c1c(CNCC(F)(F)F)cc(O)c2c1C[C@H]1C[C@H]3[C@H](N(C)C)C(O)=C(C(N)=O)C(=O)[C@@]3(O)C(O)=C1C2=O. The number of carbonyl (C=O) groups excluding carboxylic acids is 3. The maximum atomic E-state index is 13.8. The maximum absolute atomic E-state index is 13.8. The van der Waals surface area contributed by atoms with Crippen molar-refractivity contribution in [1.29, 1.82) is 0 Å². The molecule has 0 aromatic heterocycles. The Morgan fingerprint density at radius 2 is 1.80 bits per heavy atom. The number of benzene rings is 1. The van der Waals surface area contributed by atoms with Gasteiger partial charge in [0.25, 0.3) is 5.91 Å². The molecule has 3 aliphatic carbocycles. The molecule has 40 heavy (non-hydrogen) atoms. The Labute approximate surface area is 227 Å². The summed E-state index contributed by atoms with van der Waals surface area (Å²) < 4.78 is 38.2. The first-order valence-corrected chi connectivity index (χ1v) is 12.4. The molecule has 0 fully saturated rings. The molecule has 0 bridgehead atoms. The number of likely N-dealkylation sites (N-methyl/N-ethyl adjacent to an activating group) is 1. The molecule has 1 aromatic carbocycles. The molecular weight excluding hydrogens is 537 g/mol. The normalized spacial score (nSPS) is 26.6. The second-order valence-electron chi connectivity index (χ2n) is 10.8. The van der Waals surface area contributed by atoms with E-state index in [0.717, 1.165) is 6.07 Å². The number of nitrogens with zero attached hydrogens (tertiary/aromatic N) is 2. The van der Waals surface area contributed by atoms with Gasteiger partial charge in [0, 0.05) is 37.8 Å². The number of primary amides is 1. The number of phenolic OH excluding ortho intramolecular Hbond substituents is 1. The topological polar surface area (TPSA) is 177 Å². The van der Waals surface area contributed by atoms with Crippen LogP contribution >= 0.6 is 0 Å². The molecule has 0 spiro atoms. The minimum Gasteiger partial charge on any atom is -0.510 e. The largest absolute Gasteiger partial charge is 0.510 e. The third kappa shape index (κ3) is 4.39. The van der Waals surface area contributed by atoms with Crippen molar-refractivity contribution in [3.8, 4) is 5.75 Å². The second kappa shape index (κ2) is 9.78. The van der Waals surface area contributed by atoms with Crippen molar-refractivity contribution >= 4 is 23.2 Å². The fourth-order valence-electron chi connectivity index (χ4n) is 6.41. The van der Waals surface area contributed by atoms with Gasteiger partial charge in [0.15, 0.2) is 11.4 Å². The number of Topliss-reactive ketones (excluding diaryl/α,β-unsaturated/α-hetero) is 2. The zero-order chi connectivity index (χ0) is 30.1. The Morgan fingerprint density at radius 1 is 1.18 bits per heavy atom. The van der Waals surface area contributed by atoms with Gasteiger partial charge in [0.2, 0.25) is 5.78 Å². The number of rotatable bonds is 6. The van der Waals surface area contributed by atoms with E-state index in [1.165, 1.54) is 19.0 Å². The van der Waals surface area contributed by atoms with Crippen LogP contribution < -0.4 is 16.0 Å². The predicted molar refractivity (Wildman–Crippen MR) is 136 cm³/mol. The summed E-state index contributed by atoms with van der Waals surface area (Å²) in [5, 5.41) is 46.9. The molecule has 3 aliphatic rings. The van der Waals surface area contributed by atoms with Gasteiger partial charge in [0.05, 0.1) is 18.2 Å². The zero-order valence-corrected chi connectivity index (χ0v) is 22.3. The first-order chi connectivity index (χ1) is 18.4. The molecule has 4 rings (SSSR count). The molecule has 1 aromatic rings. The van der Waals surface area contributed by atoms with Crippen LogP contribution in [0.2, 0.25) is 0 Å². The zero-order valence-electron chi connectivity index (χ0n) is 22.3. The average Bonchev–Trinajstić information content (AvgIpc) is 2.79. The van der Waals surface area contributed by atoms with Crippen molar-refractivity contribution in [1.82, 2.24) is 10.2 Å². The Kier molecular flexibility index (Phi) is 7.18. The van der Waals surface area contributed by atoms with E-state index < -0.39 is 76.5 Å². The number of aromatic hydroxyl groups is 1. The summed E-state index contributed by atoms with van der Waals surface area (Å²) >= 11 is 0. The van der Waals surface area contributed by atoms with E-state index in [2.05, 4.69) is 5.32 Å². The van der Waals surface area contributed by atoms with E-state index in [0.29, 0.717) is 16.8 Å². The van der Waals surface area contributed by atoms with Gasteiger partial charge in [-0.3, -0.25) is 19.3 Å². The van der Waals surface area contributed by atoms with E-state index in [1.807, 2.05) is 0 Å². The molecule has 1 amide bonds. The number of ketones is 2. The molecule has 0 saturated heterocycles. The first-order valence-electron chi connectivity index (χ1n) is 12.4. The lowest BCUT2D eigenvalue weighted by atomic mass is 9.58. The van der Waals surface area contributed by atoms with E-state index >= 15 is 0 Å². The number of alkyl halides is 3. The predicted octanol–water partition coefficient (Wildman–Crippen LogP) is 0.839. The Morgan fingerprint density at radius 3 is 2.33 bits per heavy atom. The molecule has 0 saturated carbocycles. The molecule has 0 aliphatic heterocycles. The first kappa shape index (κ1) is 29.4. The highest BCUT2D eigenvalue weighted by Gasteiger charge is 2.63. The van der Waals surface area contributed by atoms with E-state index in [-0.39, 0.29) is 30.5 Å². The molecule has 218 valence electrons. The highest BCUT2D eigenvalue weighted by Crippen LogP contribution is 2.53. The number of aliphatic hydroxyl groups excluding tert-OH is 2. The lowest BCUT2D eigenvalue weighted by molar-refractivity contribution is -0.148. The minimum atomic E-state index is -4.46. The van der Waals surface area contributed by atoms with E-state index in [4.69, 9.17) is 5.73 Å². The average molecular weight is 569 g/mol. The number of nitrogens with one attached hydrogen (secondary N) is 1. The summed E-state index contributed by atoms with van der Waals surface area (Å²) in [4.78, 5) is 42.2. The number of halogens is 3. The Bertz CT molecular complexity index is 1370. The number of anilines is 1. The lowest BCUT2D eigenvalue weighted by Gasteiger charge is -2.50. The van der Waals surface area contributed by atoms with Crippen LogP contribution in [0, 0.1) is 11.8 Å². The van der Waals surface area contributed by atoms with Gasteiger partial charge in [-0.1, -0.05) is 0 Å². The summed E-state index contributed by atoms with van der Waals surface area (Å²) in [6.07, 6.45) is -4.55. The van der Waals surface area contributed by atoms with Gasteiger partial charge in [-0.15, -0.1) is 0 Å². The van der Waals surface area contributed by atoms with Crippen LogP contribution in [0.25, 0.3) is 0 Å². The van der Waals surface area contributed by atoms with Gasteiger partial charge >= 0.3 is 6.18 Å². The molecule has 0 heterocycles. The summed E-state index contributed by atoms with van der Waals surface area (Å²) in [6, 6.07) is 0.0260. The number of phenols is 1. The fraction of sp³-hybridized carbons (Fsp3) is 0.500. The third-order valence-electron chi connectivity index (χ3n) is 7.86. The van der Waals surface area contributed by atoms with Crippen LogP contribution in [-0.4, -0.2) is 95.4 Å². The standard InChI is InChI=1S/C26H31F3N4O7/c1-32(2)18-11(8-31-9-25(27,28)29)7-14(34)16-12(18)5-10-6-13-19(33(3)4)21(36)17(24(30)39)23(38)26(13,40)22(37)15(10)20(16)35/h7,10,13,19,31,34,36-37,40H,5-6,8-9H2,1-4H3,(H2,30,39)/t10-,13-,19-,26-/m0/s1. The molecular formula is C26H31F3N4O7. The van der Waals surface area contributed by atoms with Crippen molar-refractivity contribution in [2.75, 3.05) is 39.6 Å². The van der Waals surface area contributed by atoms with Crippen molar-refractivity contribution in [3.63, 3.8) is 0 Å². The van der Waals surface area contributed by atoms with Crippen LogP contribution in [0.1, 0.15) is 27.9 Å². The number of aliphatic hydroxyl groups is 3. The van der Waals surface area contributed by atoms with Crippen molar-refractivity contribution in [3.05, 3.63) is 45.4 Å². The molecule has 14 heteroatoms. The molecule has 0 radical (unpaired) electrons. The highest BCUT2D eigenvalue weighted by atomic mass is 19.4. The summed E-state index contributed by atoms with van der Waals surface area (Å²) in [5.41, 5.74) is 2.15. The second-order valence-corrected chi connectivity index (χ2v) is 10.8. The van der Waals surface area contributed by atoms with Gasteiger partial charge in [-0.25, -0.2) is 0 Å². The number of fused-ring (bicyclic) bond motifs is 3. The number of carbonyl (C=O) groups is 3. The molecule has 11 nitrogen and oxygen atoms in total. The molecule has 7 N–H and O–H groups in total. The van der Waals surface area contributed by atoms with Crippen LogP contribution in [0.5, 0.6) is 5.75 Å². The van der Waals surface area contributed by atoms with Crippen molar-refractivity contribution in [2.24, 2.45) is 17.6 Å². The van der Waals surface area contributed by atoms with Crippen molar-refractivity contribution < 1.29 is 48.0 Å². The van der Waals surface area contributed by atoms with Gasteiger partial charge < -0.3 is 36.4 Å². The minimum absolute atomic E-state index is 0.0166. The van der Waals surface area contributed by atoms with Crippen LogP contribution in [-0.2, 0) is 22.6 Å². The van der Waals surface area contributed by atoms with E-state index in [1.54, 1.807) is 19.0 Å². The smallest absolute Gasteiger partial charge is 0.401 e. The fourth-order valence-corrected chi connectivity index (χ4v) is 6.41. The number of hydrogen-bond acceptors (Lipinski definition) is 10. The molecule has 4 atom stereocenters. The maximum Gasteiger partial charge on any atom is 0.401 e. The summed E-state index contributed by atoms with van der Waals surface area (Å²) in [5.74, 6) is -7.74. The molecule has 0 unspecified atom stereocenters. The Balaban J connectivity index is 1.89. The van der Waals surface area contributed by atoms with Crippen molar-refractivity contribution in [2.45, 2.75) is 37.2 Å². The van der Waals surface area contributed by atoms with Gasteiger partial charge in [-0.2, -0.15) is 13.2 Å². The van der Waals surface area contributed by atoms with E-state index in [9.17, 15) is 48.0 Å². The number of allylic oxidation sites excluding steroid dienone is 1. The number of amides is 1. The van der Waals surface area contributed by atoms with Crippen LogP contribution in [0.4, 0.5) is 18.9 Å². The third-order valence-corrected chi connectivity index (χ3v) is 7.86. The monoisotopic (exact) mass is 568 g/mol. The quantitative estimate of drug-likeness (QED) is 0.270. The van der Waals surface area contributed by atoms with Gasteiger partial charge in [-0.05, 0) is 50.0 Å². The number of nitrogens with two attached hydrogens (primary N) is 1. The summed E-state index contributed by atoms with van der Waals surface area (Å²) in [7, 11) is 6.30. The lowest BCUT2D eigenvalue weighted by Crippen LogP contribution is -2.63. The van der Waals surface area contributed by atoms with Gasteiger partial charge in [0.1, 0.15) is 22.8 Å². The number of hydrogen-bond donors (Lipinski definition) is 6. The summed E-state index contributed by atoms with van der Waals surface area (Å²) in [6.45, 7) is -1.54. The van der Waals surface area contributed by atoms with Crippen LogP contribution in [0.15, 0.2) is 28.7 Å².